The molecule has 1 aromatic carbocycles. The highest BCUT2D eigenvalue weighted by Crippen LogP contribution is 2.24. The van der Waals surface area contributed by atoms with Crippen molar-refractivity contribution in [3.8, 4) is 11.4 Å². The molecule has 1 N–H and O–H groups in total. The third-order valence-electron chi connectivity index (χ3n) is 2.95. The average Bonchev–Trinajstić information content (AvgIpc) is 2.37. The monoisotopic (exact) mass is 323 g/mol. The summed E-state index contributed by atoms with van der Waals surface area (Å²) in [6, 6.07) is 4.79. The van der Waals surface area contributed by atoms with E-state index in [0.717, 1.165) is 29.1 Å². The van der Waals surface area contributed by atoms with E-state index in [0.29, 0.717) is 10.3 Å². The van der Waals surface area contributed by atoms with Crippen LogP contribution in [0.25, 0.3) is 11.4 Å². The fraction of sp³-hybridized carbons (Fsp3) is 0.286. The molecular weight excluding hydrogens is 309 g/mol. The number of nitrogens with one attached hydrogen (secondary N) is 1. The predicted octanol–water partition coefficient (Wildman–Crippen LogP) is 3.38. The van der Waals surface area contributed by atoms with E-state index >= 15 is 0 Å². The van der Waals surface area contributed by atoms with Crippen molar-refractivity contribution in [2.24, 2.45) is 0 Å². The summed E-state index contributed by atoms with van der Waals surface area (Å²) in [5, 5.41) is 3.10. The van der Waals surface area contributed by atoms with Gasteiger partial charge in [0.2, 0.25) is 0 Å². The van der Waals surface area contributed by atoms with E-state index in [2.05, 4.69) is 31.2 Å². The van der Waals surface area contributed by atoms with Gasteiger partial charge in [0.05, 0.1) is 4.47 Å². The SMILES string of the molecule is CNCc1c(C)nc(-c2ccc(F)c(Br)c2)nc1C. The Kier molecular flexibility index (Phi) is 4.27. The normalized spacial score (nSPS) is 10.8. The van der Waals surface area contributed by atoms with Gasteiger partial charge in [0.15, 0.2) is 5.82 Å². The summed E-state index contributed by atoms with van der Waals surface area (Å²) in [5.74, 6) is 0.333. The summed E-state index contributed by atoms with van der Waals surface area (Å²) in [7, 11) is 1.89. The van der Waals surface area contributed by atoms with Crippen molar-refractivity contribution in [3.63, 3.8) is 0 Å². The van der Waals surface area contributed by atoms with Crippen LogP contribution in [0.2, 0.25) is 0 Å². The van der Waals surface area contributed by atoms with Crippen molar-refractivity contribution in [2.75, 3.05) is 7.05 Å². The Morgan fingerprint density at radius 1 is 1.21 bits per heavy atom. The van der Waals surface area contributed by atoms with Gasteiger partial charge in [0, 0.05) is 29.1 Å². The zero-order valence-electron chi connectivity index (χ0n) is 11.1. The van der Waals surface area contributed by atoms with Gasteiger partial charge in [-0.15, -0.1) is 0 Å². The van der Waals surface area contributed by atoms with Gasteiger partial charge >= 0.3 is 0 Å². The highest BCUT2D eigenvalue weighted by atomic mass is 79.9. The molecule has 0 radical (unpaired) electrons. The van der Waals surface area contributed by atoms with Gasteiger partial charge in [-0.2, -0.15) is 0 Å². The lowest BCUT2D eigenvalue weighted by molar-refractivity contribution is 0.621. The summed E-state index contributed by atoms with van der Waals surface area (Å²) >= 11 is 3.18. The smallest absolute Gasteiger partial charge is 0.159 e. The van der Waals surface area contributed by atoms with E-state index in [9.17, 15) is 4.39 Å². The maximum atomic E-state index is 13.2. The van der Waals surface area contributed by atoms with Crippen LogP contribution < -0.4 is 5.32 Å². The van der Waals surface area contributed by atoms with Gasteiger partial charge in [0.1, 0.15) is 5.82 Å². The minimum absolute atomic E-state index is 0.288. The first kappa shape index (κ1) is 14.1. The Hall–Kier alpha value is -1.33. The number of aryl methyl sites for hydroxylation is 2. The molecule has 5 heteroatoms. The molecule has 0 fully saturated rings. The van der Waals surface area contributed by atoms with Crippen LogP contribution in [0.5, 0.6) is 0 Å². The fourth-order valence-corrected chi connectivity index (χ4v) is 2.32. The molecule has 1 heterocycles. The van der Waals surface area contributed by atoms with E-state index in [1.54, 1.807) is 12.1 Å². The minimum Gasteiger partial charge on any atom is -0.316 e. The van der Waals surface area contributed by atoms with Gasteiger partial charge in [-0.05, 0) is 55.0 Å². The van der Waals surface area contributed by atoms with Crippen LogP contribution in [0.3, 0.4) is 0 Å². The molecule has 0 aliphatic carbocycles. The van der Waals surface area contributed by atoms with Crippen molar-refractivity contribution in [2.45, 2.75) is 20.4 Å². The first-order chi connectivity index (χ1) is 9.02. The number of benzene rings is 1. The van der Waals surface area contributed by atoms with Gasteiger partial charge in [0.25, 0.3) is 0 Å². The summed E-state index contributed by atoms with van der Waals surface area (Å²) in [6.45, 7) is 4.66. The van der Waals surface area contributed by atoms with Gasteiger partial charge in [-0.25, -0.2) is 14.4 Å². The van der Waals surface area contributed by atoms with E-state index in [4.69, 9.17) is 0 Å². The van der Waals surface area contributed by atoms with Crippen LogP contribution in [-0.2, 0) is 6.54 Å². The molecule has 2 rings (SSSR count). The third kappa shape index (κ3) is 2.98. The second-order valence-corrected chi connectivity index (χ2v) is 5.21. The summed E-state index contributed by atoms with van der Waals surface area (Å²) < 4.78 is 13.7. The fourth-order valence-electron chi connectivity index (χ4n) is 1.94. The largest absolute Gasteiger partial charge is 0.316 e. The highest BCUT2D eigenvalue weighted by molar-refractivity contribution is 9.10. The van der Waals surface area contributed by atoms with E-state index in [1.165, 1.54) is 6.07 Å². The molecule has 0 atom stereocenters. The molecule has 100 valence electrons. The molecule has 3 nitrogen and oxygen atoms in total. The first-order valence-corrected chi connectivity index (χ1v) is 6.76. The highest BCUT2D eigenvalue weighted by Gasteiger charge is 2.10. The Morgan fingerprint density at radius 3 is 2.37 bits per heavy atom. The molecule has 0 unspecified atom stereocenters. The molecule has 0 amide bonds. The number of hydrogen-bond donors (Lipinski definition) is 1. The van der Waals surface area contributed by atoms with Gasteiger partial charge < -0.3 is 5.32 Å². The summed E-state index contributed by atoms with van der Waals surface area (Å²) in [6.07, 6.45) is 0. The molecule has 0 saturated heterocycles. The van der Waals surface area contributed by atoms with E-state index in [-0.39, 0.29) is 5.82 Å². The maximum Gasteiger partial charge on any atom is 0.159 e. The molecule has 2 aromatic rings. The summed E-state index contributed by atoms with van der Waals surface area (Å²) in [4.78, 5) is 9.00. The lowest BCUT2D eigenvalue weighted by atomic mass is 10.1. The molecular formula is C14H15BrFN3. The first-order valence-electron chi connectivity index (χ1n) is 5.97. The molecule has 0 spiro atoms. The molecule has 19 heavy (non-hydrogen) atoms. The van der Waals surface area contributed by atoms with Crippen LogP contribution in [-0.4, -0.2) is 17.0 Å². The Labute approximate surface area is 120 Å². The average molecular weight is 324 g/mol. The van der Waals surface area contributed by atoms with Crippen LogP contribution >= 0.6 is 15.9 Å². The van der Waals surface area contributed by atoms with E-state index in [1.807, 2.05) is 20.9 Å². The number of aromatic nitrogens is 2. The lowest BCUT2D eigenvalue weighted by Crippen LogP contribution is -2.11. The van der Waals surface area contributed by atoms with Gasteiger partial charge in [-0.1, -0.05) is 0 Å². The van der Waals surface area contributed by atoms with Gasteiger partial charge in [-0.3, -0.25) is 0 Å². The number of nitrogens with zero attached hydrogens (tertiary/aromatic N) is 2. The number of halogens is 2. The van der Waals surface area contributed by atoms with Crippen LogP contribution in [0, 0.1) is 19.7 Å². The van der Waals surface area contributed by atoms with Crippen molar-refractivity contribution in [1.82, 2.24) is 15.3 Å². The Bertz CT molecular complexity index is 591. The topological polar surface area (TPSA) is 37.8 Å². The molecule has 0 saturated carbocycles. The van der Waals surface area contributed by atoms with Crippen LogP contribution in [0.15, 0.2) is 22.7 Å². The second-order valence-electron chi connectivity index (χ2n) is 4.36. The lowest BCUT2D eigenvalue weighted by Gasteiger charge is -2.10. The quantitative estimate of drug-likeness (QED) is 0.940. The standard InChI is InChI=1S/C14H15BrFN3/c1-8-11(7-17-3)9(2)19-14(18-8)10-4-5-13(16)12(15)6-10/h4-6,17H,7H2,1-3H3. The minimum atomic E-state index is -0.288. The molecule has 0 bridgehead atoms. The summed E-state index contributed by atoms with van der Waals surface area (Å²) in [5.41, 5.74) is 3.79. The Morgan fingerprint density at radius 2 is 1.84 bits per heavy atom. The number of rotatable bonds is 3. The van der Waals surface area contributed by atoms with Crippen molar-refractivity contribution in [3.05, 3.63) is 45.4 Å². The Balaban J connectivity index is 2.48. The van der Waals surface area contributed by atoms with Crippen molar-refractivity contribution in [1.29, 1.82) is 0 Å². The number of hydrogen-bond acceptors (Lipinski definition) is 3. The van der Waals surface area contributed by atoms with E-state index < -0.39 is 0 Å². The van der Waals surface area contributed by atoms with Crippen LogP contribution in [0.1, 0.15) is 17.0 Å². The van der Waals surface area contributed by atoms with Crippen molar-refractivity contribution >= 4 is 15.9 Å². The molecule has 1 aromatic heterocycles. The van der Waals surface area contributed by atoms with Crippen LogP contribution in [0.4, 0.5) is 4.39 Å². The third-order valence-corrected chi connectivity index (χ3v) is 3.56. The molecule has 0 aliphatic rings. The zero-order valence-corrected chi connectivity index (χ0v) is 12.7. The zero-order chi connectivity index (χ0) is 14.0. The predicted molar refractivity (Wildman–Crippen MR) is 77.4 cm³/mol. The maximum absolute atomic E-state index is 13.2. The molecule has 0 aliphatic heterocycles. The van der Waals surface area contributed by atoms with Crippen molar-refractivity contribution < 1.29 is 4.39 Å². The second kappa shape index (κ2) is 5.75.